The first-order valence-electron chi connectivity index (χ1n) is 8.94. The van der Waals surface area contributed by atoms with Gasteiger partial charge in [-0.25, -0.2) is 0 Å². The smallest absolute Gasteiger partial charge is 0.226 e. The number of aromatic nitrogens is 1. The van der Waals surface area contributed by atoms with Crippen LogP contribution in [-0.2, 0) is 4.79 Å². The number of pyridine rings is 1. The van der Waals surface area contributed by atoms with Gasteiger partial charge < -0.3 is 9.64 Å². The molecule has 0 radical (unpaired) electrons. The minimum atomic E-state index is 0.136. The number of aryl methyl sites for hydroxylation is 2. The first-order valence-corrected chi connectivity index (χ1v) is 8.94. The molecule has 1 saturated heterocycles. The molecule has 0 spiro atoms. The van der Waals surface area contributed by atoms with Crippen molar-refractivity contribution in [1.82, 2.24) is 9.88 Å². The summed E-state index contributed by atoms with van der Waals surface area (Å²) in [5.74, 6) is 1.52. The molecule has 2 aromatic rings. The lowest BCUT2D eigenvalue weighted by atomic mass is 10.0. The molecule has 0 bridgehead atoms. The van der Waals surface area contributed by atoms with Gasteiger partial charge in [-0.1, -0.05) is 30.7 Å². The molecule has 1 aliphatic rings. The van der Waals surface area contributed by atoms with Crippen molar-refractivity contribution in [2.75, 3.05) is 13.2 Å². The Bertz CT molecular complexity index is 730. The first kappa shape index (κ1) is 17.5. The molecule has 0 N–H and O–H groups in total. The van der Waals surface area contributed by atoms with E-state index in [1.165, 1.54) is 5.56 Å². The second kappa shape index (κ2) is 7.68. The van der Waals surface area contributed by atoms with Gasteiger partial charge in [0, 0.05) is 18.9 Å². The third-order valence-electron chi connectivity index (χ3n) is 4.80. The highest BCUT2D eigenvalue weighted by Crippen LogP contribution is 2.35. The van der Waals surface area contributed by atoms with Crippen molar-refractivity contribution in [3.63, 3.8) is 0 Å². The van der Waals surface area contributed by atoms with Gasteiger partial charge in [0.25, 0.3) is 0 Å². The van der Waals surface area contributed by atoms with Crippen LogP contribution in [0.4, 0.5) is 0 Å². The Kier molecular flexibility index (Phi) is 5.37. The lowest BCUT2D eigenvalue weighted by Crippen LogP contribution is -2.32. The summed E-state index contributed by atoms with van der Waals surface area (Å²) in [6.45, 7) is 7.51. The summed E-state index contributed by atoms with van der Waals surface area (Å²) in [7, 11) is 0. The lowest BCUT2D eigenvalue weighted by molar-refractivity contribution is -0.132. The summed E-state index contributed by atoms with van der Waals surface area (Å²) < 4.78 is 5.83. The molecule has 25 heavy (non-hydrogen) atoms. The first-order chi connectivity index (χ1) is 12.0. The van der Waals surface area contributed by atoms with Crippen molar-refractivity contribution in [3.8, 4) is 5.75 Å². The van der Waals surface area contributed by atoms with E-state index in [1.54, 1.807) is 6.20 Å². The molecule has 0 saturated carbocycles. The van der Waals surface area contributed by atoms with Crippen molar-refractivity contribution in [3.05, 3.63) is 59.4 Å². The van der Waals surface area contributed by atoms with Gasteiger partial charge in [-0.05, 0) is 49.4 Å². The number of ether oxygens (including phenoxy) is 1. The number of benzene rings is 1. The molecule has 4 heteroatoms. The average molecular weight is 338 g/mol. The second-order valence-electron chi connectivity index (χ2n) is 7.06. The number of amides is 1. The van der Waals surface area contributed by atoms with Gasteiger partial charge >= 0.3 is 0 Å². The van der Waals surface area contributed by atoms with Gasteiger partial charge in [-0.2, -0.15) is 0 Å². The molecule has 1 aromatic heterocycles. The maximum Gasteiger partial charge on any atom is 0.226 e. The molecule has 1 aliphatic heterocycles. The van der Waals surface area contributed by atoms with Crippen LogP contribution in [0.15, 0.2) is 42.7 Å². The van der Waals surface area contributed by atoms with Crippen LogP contribution in [0.3, 0.4) is 0 Å². The number of carbonyl (C=O) groups excluding carboxylic acids is 1. The van der Waals surface area contributed by atoms with Gasteiger partial charge in [0.15, 0.2) is 0 Å². The third kappa shape index (κ3) is 4.19. The van der Waals surface area contributed by atoms with Crippen molar-refractivity contribution in [2.45, 2.75) is 39.7 Å². The van der Waals surface area contributed by atoms with E-state index in [-0.39, 0.29) is 11.9 Å². The third-order valence-corrected chi connectivity index (χ3v) is 4.80. The van der Waals surface area contributed by atoms with Crippen LogP contribution >= 0.6 is 0 Å². The van der Waals surface area contributed by atoms with E-state index in [1.807, 2.05) is 36.2 Å². The van der Waals surface area contributed by atoms with E-state index >= 15 is 0 Å². The summed E-state index contributed by atoms with van der Waals surface area (Å²) in [4.78, 5) is 18.9. The Balaban J connectivity index is 1.60. The zero-order chi connectivity index (χ0) is 17.8. The van der Waals surface area contributed by atoms with Crippen LogP contribution in [0.25, 0.3) is 0 Å². The predicted molar refractivity (Wildman–Crippen MR) is 98.5 cm³/mol. The molecule has 2 atom stereocenters. The molecule has 1 amide bonds. The van der Waals surface area contributed by atoms with E-state index < -0.39 is 0 Å². The van der Waals surface area contributed by atoms with E-state index in [0.717, 1.165) is 29.8 Å². The van der Waals surface area contributed by atoms with Crippen LogP contribution < -0.4 is 4.74 Å². The van der Waals surface area contributed by atoms with Crippen LogP contribution in [0, 0.1) is 19.8 Å². The highest BCUT2D eigenvalue weighted by molar-refractivity contribution is 5.77. The molecular formula is C21H26N2O2. The second-order valence-corrected chi connectivity index (χ2v) is 7.06. The minimum Gasteiger partial charge on any atom is -0.493 e. The standard InChI is InChI=1S/C21H26N2O2/c1-15-6-7-20(17(3)11-15)25-10-8-21(24)23-14-16(2)12-19(23)18-5-4-9-22-13-18/h4-7,9,11,13,16,19H,8,10,12,14H2,1-3H3. The van der Waals surface area contributed by atoms with Gasteiger partial charge in [-0.3, -0.25) is 9.78 Å². The van der Waals surface area contributed by atoms with Crippen LogP contribution in [0.1, 0.15) is 42.5 Å². The van der Waals surface area contributed by atoms with Gasteiger partial charge in [0.05, 0.1) is 19.1 Å². The highest BCUT2D eigenvalue weighted by Gasteiger charge is 2.33. The lowest BCUT2D eigenvalue weighted by Gasteiger charge is -2.25. The number of nitrogens with zero attached hydrogens (tertiary/aromatic N) is 2. The number of likely N-dealkylation sites (tertiary alicyclic amines) is 1. The molecule has 1 aromatic carbocycles. The fourth-order valence-corrected chi connectivity index (χ4v) is 3.56. The van der Waals surface area contributed by atoms with Crippen molar-refractivity contribution in [1.29, 1.82) is 0 Å². The summed E-state index contributed by atoms with van der Waals surface area (Å²) in [5.41, 5.74) is 3.44. The maximum atomic E-state index is 12.7. The molecule has 3 rings (SSSR count). The molecule has 2 heterocycles. The van der Waals surface area contributed by atoms with Gasteiger partial charge in [-0.15, -0.1) is 0 Å². The Morgan fingerprint density at radius 2 is 2.16 bits per heavy atom. The molecule has 2 unspecified atom stereocenters. The molecular weight excluding hydrogens is 312 g/mol. The summed E-state index contributed by atoms with van der Waals surface area (Å²) in [6, 6.07) is 10.2. The maximum absolute atomic E-state index is 12.7. The Labute approximate surface area is 149 Å². The Morgan fingerprint density at radius 3 is 2.88 bits per heavy atom. The van der Waals surface area contributed by atoms with Crippen molar-refractivity contribution in [2.24, 2.45) is 5.92 Å². The predicted octanol–water partition coefficient (Wildman–Crippen LogP) is 4.08. The fraction of sp³-hybridized carbons (Fsp3) is 0.429. The Morgan fingerprint density at radius 1 is 1.32 bits per heavy atom. The normalized spacial score (nSPS) is 19.9. The largest absolute Gasteiger partial charge is 0.493 e. The van der Waals surface area contributed by atoms with Crippen LogP contribution in [0.2, 0.25) is 0 Å². The number of hydrogen-bond donors (Lipinski definition) is 0. The minimum absolute atomic E-state index is 0.136. The van der Waals surface area contributed by atoms with E-state index in [4.69, 9.17) is 4.74 Å². The van der Waals surface area contributed by atoms with E-state index in [9.17, 15) is 4.79 Å². The summed E-state index contributed by atoms with van der Waals surface area (Å²) >= 11 is 0. The van der Waals surface area contributed by atoms with Gasteiger partial charge in [0.1, 0.15) is 5.75 Å². The molecule has 4 nitrogen and oxygen atoms in total. The van der Waals surface area contributed by atoms with Crippen molar-refractivity contribution < 1.29 is 9.53 Å². The zero-order valence-corrected chi connectivity index (χ0v) is 15.2. The molecule has 1 fully saturated rings. The average Bonchev–Trinajstić information content (AvgIpc) is 2.99. The fourth-order valence-electron chi connectivity index (χ4n) is 3.56. The number of rotatable bonds is 5. The SMILES string of the molecule is Cc1ccc(OCCC(=O)N2CC(C)CC2c2cccnc2)c(C)c1. The quantitative estimate of drug-likeness (QED) is 0.825. The van der Waals surface area contributed by atoms with Crippen LogP contribution in [-0.4, -0.2) is 28.9 Å². The zero-order valence-electron chi connectivity index (χ0n) is 15.2. The van der Waals surface area contributed by atoms with Crippen molar-refractivity contribution >= 4 is 5.91 Å². The number of hydrogen-bond acceptors (Lipinski definition) is 3. The van der Waals surface area contributed by atoms with Gasteiger partial charge in [0.2, 0.25) is 5.91 Å². The summed E-state index contributed by atoms with van der Waals surface area (Å²) in [5, 5.41) is 0. The van der Waals surface area contributed by atoms with E-state index in [0.29, 0.717) is 18.9 Å². The highest BCUT2D eigenvalue weighted by atomic mass is 16.5. The monoisotopic (exact) mass is 338 g/mol. The van der Waals surface area contributed by atoms with Crippen LogP contribution in [0.5, 0.6) is 5.75 Å². The summed E-state index contributed by atoms with van der Waals surface area (Å²) in [6.07, 6.45) is 5.03. The topological polar surface area (TPSA) is 42.4 Å². The van der Waals surface area contributed by atoms with E-state index in [2.05, 4.69) is 31.0 Å². The molecule has 0 aliphatic carbocycles. The molecule has 132 valence electrons. The number of carbonyl (C=O) groups is 1. The Hall–Kier alpha value is -2.36.